The minimum Gasteiger partial charge on any atom is -0.236 e. The van der Waals surface area contributed by atoms with E-state index >= 15 is 0 Å². The van der Waals surface area contributed by atoms with Crippen molar-refractivity contribution in [1.29, 1.82) is 0 Å². The fourth-order valence-corrected chi connectivity index (χ4v) is 8.37. The van der Waals surface area contributed by atoms with E-state index in [2.05, 4.69) is 146 Å². The Kier molecular flexibility index (Phi) is 8.11. The number of benzene rings is 8. The van der Waals surface area contributed by atoms with Crippen LogP contribution >= 0.6 is 0 Å². The molecule has 2 heterocycles. The van der Waals surface area contributed by atoms with E-state index in [0.717, 1.165) is 44.4 Å². The first-order valence-electron chi connectivity index (χ1n) is 19.5. The molecule has 9 aromatic carbocycles. The Morgan fingerprint density at radius 2 is 0.638 bits per heavy atom. The molecular weight excluding hydrogens is 705 g/mol. The maximum absolute atomic E-state index is 5.25. The van der Waals surface area contributed by atoms with Crippen molar-refractivity contribution in [2.45, 2.75) is 0 Å². The third kappa shape index (κ3) is 5.87. The minimum atomic E-state index is 0.568. The molecular formula is C54H34N4. The van der Waals surface area contributed by atoms with Crippen LogP contribution in [0.5, 0.6) is 0 Å². The van der Waals surface area contributed by atoms with Crippen LogP contribution in [0.2, 0.25) is 0 Å². The highest BCUT2D eigenvalue weighted by molar-refractivity contribution is 6.27. The molecule has 0 N–H and O–H groups in total. The van der Waals surface area contributed by atoms with Gasteiger partial charge in [0.05, 0.1) is 17.0 Å². The summed E-state index contributed by atoms with van der Waals surface area (Å²) in [6.07, 6.45) is 3.65. The molecule has 11 aromatic rings. The molecule has 0 saturated heterocycles. The van der Waals surface area contributed by atoms with Gasteiger partial charge in [0.2, 0.25) is 0 Å². The van der Waals surface area contributed by atoms with Crippen molar-refractivity contribution in [3.05, 3.63) is 207 Å². The van der Waals surface area contributed by atoms with Gasteiger partial charge in [-0.3, -0.25) is 0 Å². The molecule has 2 aromatic heterocycles. The first kappa shape index (κ1) is 33.5. The standard InChI is InChI=1S/C54H34N4/c1-3-15-35(16-4-1)51-32-52(58-54(57-51)40-33-55-53(56-34-40)36-17-5-2-6-18-36)39-27-28-47-45-25-12-11-23-43(45)41-21-9-10-22-42(41)44-24-13-14-26-46(44)48-29-37-19-7-8-20-38(37)30-50(48)49(47)31-39/h1-34H. The number of hydrogen-bond acceptors (Lipinski definition) is 4. The highest BCUT2D eigenvalue weighted by Gasteiger charge is 2.15. The zero-order valence-corrected chi connectivity index (χ0v) is 31.4. The van der Waals surface area contributed by atoms with Crippen LogP contribution in [0.1, 0.15) is 0 Å². The van der Waals surface area contributed by atoms with Crippen LogP contribution in [0.15, 0.2) is 207 Å². The van der Waals surface area contributed by atoms with Gasteiger partial charge >= 0.3 is 0 Å². The molecule has 4 heteroatoms. The van der Waals surface area contributed by atoms with E-state index in [1.807, 2.05) is 60.9 Å². The maximum Gasteiger partial charge on any atom is 0.163 e. The van der Waals surface area contributed by atoms with Crippen LogP contribution in [-0.2, 0) is 0 Å². The molecule has 0 fully saturated rings. The fourth-order valence-electron chi connectivity index (χ4n) is 8.37. The van der Waals surface area contributed by atoms with Gasteiger partial charge in [0.15, 0.2) is 11.6 Å². The van der Waals surface area contributed by atoms with Crippen LogP contribution in [-0.4, -0.2) is 19.9 Å². The van der Waals surface area contributed by atoms with Gasteiger partial charge in [0, 0.05) is 29.1 Å². The maximum atomic E-state index is 5.25. The van der Waals surface area contributed by atoms with Crippen LogP contribution < -0.4 is 0 Å². The second-order valence-electron chi connectivity index (χ2n) is 14.6. The zero-order valence-electron chi connectivity index (χ0n) is 31.4. The topological polar surface area (TPSA) is 51.6 Å². The van der Waals surface area contributed by atoms with E-state index in [-0.39, 0.29) is 0 Å². The molecule has 0 radical (unpaired) electrons. The predicted octanol–water partition coefficient (Wildman–Crippen LogP) is 14.0. The summed E-state index contributed by atoms with van der Waals surface area (Å²) in [6.45, 7) is 0. The molecule has 4 nitrogen and oxygen atoms in total. The Morgan fingerprint density at radius 1 is 0.241 bits per heavy atom. The van der Waals surface area contributed by atoms with Gasteiger partial charge in [0.25, 0.3) is 0 Å². The summed E-state index contributed by atoms with van der Waals surface area (Å²) in [5.74, 6) is 1.23. The lowest BCUT2D eigenvalue weighted by Gasteiger charge is -2.13. The molecule has 0 aliphatic rings. The Balaban J connectivity index is 1.25. The molecule has 270 valence electrons. The molecule has 58 heavy (non-hydrogen) atoms. The molecule has 0 unspecified atom stereocenters. The zero-order chi connectivity index (χ0) is 38.4. The van der Waals surface area contributed by atoms with Crippen molar-refractivity contribution in [3.8, 4) is 45.3 Å². The third-order valence-corrected chi connectivity index (χ3v) is 11.2. The van der Waals surface area contributed by atoms with Gasteiger partial charge in [-0.2, -0.15) is 0 Å². The van der Waals surface area contributed by atoms with Crippen molar-refractivity contribution in [1.82, 2.24) is 19.9 Å². The van der Waals surface area contributed by atoms with E-state index < -0.39 is 0 Å². The van der Waals surface area contributed by atoms with E-state index in [1.54, 1.807) is 0 Å². The second-order valence-corrected chi connectivity index (χ2v) is 14.6. The Morgan fingerprint density at radius 3 is 1.17 bits per heavy atom. The number of hydrogen-bond donors (Lipinski definition) is 0. The lowest BCUT2D eigenvalue weighted by atomic mass is 9.92. The molecule has 0 aliphatic heterocycles. The summed E-state index contributed by atoms with van der Waals surface area (Å²) in [4.78, 5) is 19.8. The average molecular weight is 739 g/mol. The fraction of sp³-hybridized carbons (Fsp3) is 0. The number of aromatic nitrogens is 4. The Labute approximate surface area is 335 Å². The molecule has 0 bridgehead atoms. The van der Waals surface area contributed by atoms with Crippen molar-refractivity contribution in [2.24, 2.45) is 0 Å². The van der Waals surface area contributed by atoms with Gasteiger partial charge in [-0.1, -0.05) is 170 Å². The lowest BCUT2D eigenvalue weighted by Crippen LogP contribution is -1.98. The average Bonchev–Trinajstić information content (AvgIpc) is 3.31. The SMILES string of the molecule is c1ccc(-c2cc(-c3ccc4c5ccccc5c5ccccc5c5ccccc5c5cc6ccccc6cc5c4c3)nc(-c3cnc(-c4ccccc4)nc3)n2)cc1. The highest BCUT2D eigenvalue weighted by atomic mass is 14.9. The molecule has 0 aliphatic carbocycles. The molecule has 0 spiro atoms. The van der Waals surface area contributed by atoms with Crippen molar-refractivity contribution in [3.63, 3.8) is 0 Å². The minimum absolute atomic E-state index is 0.568. The van der Waals surface area contributed by atoms with E-state index in [0.29, 0.717) is 11.6 Å². The van der Waals surface area contributed by atoms with Crippen LogP contribution in [0.4, 0.5) is 0 Å². The van der Waals surface area contributed by atoms with E-state index in [4.69, 9.17) is 19.9 Å². The first-order chi connectivity index (χ1) is 28.7. The second kappa shape index (κ2) is 14.0. The Hall–Kier alpha value is -7.82. The lowest BCUT2D eigenvalue weighted by molar-refractivity contribution is 1.13. The van der Waals surface area contributed by atoms with E-state index in [9.17, 15) is 0 Å². The van der Waals surface area contributed by atoms with E-state index in [1.165, 1.54) is 53.9 Å². The first-order valence-corrected chi connectivity index (χ1v) is 19.5. The van der Waals surface area contributed by atoms with Crippen LogP contribution in [0, 0.1) is 0 Å². The molecule has 0 saturated carbocycles. The third-order valence-electron chi connectivity index (χ3n) is 11.2. The highest BCUT2D eigenvalue weighted by Crippen LogP contribution is 2.39. The van der Waals surface area contributed by atoms with Crippen molar-refractivity contribution in [2.75, 3.05) is 0 Å². The largest absolute Gasteiger partial charge is 0.236 e. The normalized spacial score (nSPS) is 11.4. The summed E-state index contributed by atoms with van der Waals surface area (Å²) in [5, 5.41) is 14.2. The molecule has 0 amide bonds. The van der Waals surface area contributed by atoms with Crippen molar-refractivity contribution < 1.29 is 0 Å². The molecule has 11 rings (SSSR count). The predicted molar refractivity (Wildman–Crippen MR) is 242 cm³/mol. The van der Waals surface area contributed by atoms with Gasteiger partial charge in [-0.25, -0.2) is 19.9 Å². The summed E-state index contributed by atoms with van der Waals surface area (Å²) >= 11 is 0. The van der Waals surface area contributed by atoms with Gasteiger partial charge in [0.1, 0.15) is 0 Å². The number of fused-ring (bicyclic) bond motifs is 11. The molecule has 0 atom stereocenters. The Bertz CT molecular complexity index is 3430. The summed E-state index contributed by atoms with van der Waals surface area (Å²) < 4.78 is 0. The smallest absolute Gasteiger partial charge is 0.163 e. The number of rotatable bonds is 4. The summed E-state index contributed by atoms with van der Waals surface area (Å²) in [5.41, 5.74) is 5.35. The van der Waals surface area contributed by atoms with Crippen LogP contribution in [0.3, 0.4) is 0 Å². The van der Waals surface area contributed by atoms with Gasteiger partial charge in [-0.15, -0.1) is 0 Å². The van der Waals surface area contributed by atoms with Crippen LogP contribution in [0.25, 0.3) is 110 Å². The summed E-state index contributed by atoms with van der Waals surface area (Å²) in [6, 6.07) is 69.0. The number of nitrogens with zero attached hydrogens (tertiary/aromatic N) is 4. The van der Waals surface area contributed by atoms with Crippen molar-refractivity contribution >= 4 is 64.6 Å². The monoisotopic (exact) mass is 738 g/mol. The summed E-state index contributed by atoms with van der Waals surface area (Å²) in [7, 11) is 0. The van der Waals surface area contributed by atoms with Gasteiger partial charge < -0.3 is 0 Å². The van der Waals surface area contributed by atoms with Gasteiger partial charge in [-0.05, 0) is 88.9 Å². The quantitative estimate of drug-likeness (QED) is 0.180.